The summed E-state index contributed by atoms with van der Waals surface area (Å²) in [5.74, 6) is 0. The lowest BCUT2D eigenvalue weighted by atomic mass is 10.1. The van der Waals surface area contributed by atoms with E-state index in [4.69, 9.17) is 27.9 Å². The van der Waals surface area contributed by atoms with E-state index in [0.717, 1.165) is 18.7 Å². The van der Waals surface area contributed by atoms with Gasteiger partial charge in [0.1, 0.15) is 0 Å². The van der Waals surface area contributed by atoms with Gasteiger partial charge in [0.05, 0.1) is 6.61 Å². The number of benzene rings is 1. The van der Waals surface area contributed by atoms with E-state index in [-0.39, 0.29) is 0 Å². The second-order valence-electron chi connectivity index (χ2n) is 3.80. The molecule has 1 N–H and O–H groups in total. The van der Waals surface area contributed by atoms with Crippen LogP contribution in [0.1, 0.15) is 12.5 Å². The van der Waals surface area contributed by atoms with Crippen LogP contribution in [-0.4, -0.2) is 26.8 Å². The van der Waals surface area contributed by atoms with E-state index in [0.29, 0.717) is 16.7 Å². The van der Waals surface area contributed by atoms with Crippen molar-refractivity contribution in [2.75, 3.05) is 26.8 Å². The Morgan fingerprint density at radius 3 is 2.59 bits per heavy atom. The summed E-state index contributed by atoms with van der Waals surface area (Å²) >= 11 is 12.2. The molecular weight excluding hydrogens is 257 g/mol. The van der Waals surface area contributed by atoms with Crippen molar-refractivity contribution < 1.29 is 4.74 Å². The van der Waals surface area contributed by atoms with E-state index in [1.807, 2.05) is 31.2 Å². The fourth-order valence-electron chi connectivity index (χ4n) is 1.41. The van der Waals surface area contributed by atoms with Crippen LogP contribution in [0.3, 0.4) is 0 Å². The number of ether oxygens (including phenoxy) is 1. The number of rotatable bonds is 6. The Bertz CT molecular complexity index is 371. The molecule has 17 heavy (non-hydrogen) atoms. The zero-order valence-corrected chi connectivity index (χ0v) is 11.6. The zero-order chi connectivity index (χ0) is 12.7. The van der Waals surface area contributed by atoms with Crippen molar-refractivity contribution in [1.29, 1.82) is 0 Å². The Hall–Kier alpha value is -0.540. The Morgan fingerprint density at radius 2 is 2.00 bits per heavy atom. The summed E-state index contributed by atoms with van der Waals surface area (Å²) in [4.78, 5) is 0. The molecule has 0 radical (unpaired) electrons. The summed E-state index contributed by atoms with van der Waals surface area (Å²) in [6, 6.07) is 5.52. The van der Waals surface area contributed by atoms with Crippen molar-refractivity contribution in [1.82, 2.24) is 5.32 Å². The molecule has 0 spiro atoms. The maximum atomic E-state index is 6.09. The van der Waals surface area contributed by atoms with E-state index in [9.17, 15) is 0 Å². The highest BCUT2D eigenvalue weighted by molar-refractivity contribution is 6.37. The number of nitrogens with one attached hydrogen (secondary N) is 1. The van der Waals surface area contributed by atoms with Gasteiger partial charge in [-0.25, -0.2) is 0 Å². The standard InChI is InChI=1S/C13H17Cl2NO/c1-10(9-16-6-7-17-2)8-11-12(14)4-3-5-13(11)15/h3-5,8,16H,6-7,9H2,1-2H3. The normalized spacial score (nSPS) is 11.9. The maximum Gasteiger partial charge on any atom is 0.0587 e. The minimum atomic E-state index is 0.675. The van der Waals surface area contributed by atoms with Crippen molar-refractivity contribution in [2.45, 2.75) is 6.92 Å². The lowest BCUT2D eigenvalue weighted by Crippen LogP contribution is -2.20. The van der Waals surface area contributed by atoms with Crippen LogP contribution < -0.4 is 5.32 Å². The van der Waals surface area contributed by atoms with E-state index in [1.165, 1.54) is 5.57 Å². The van der Waals surface area contributed by atoms with Crippen LogP contribution >= 0.6 is 23.2 Å². The first-order valence-electron chi connectivity index (χ1n) is 5.46. The van der Waals surface area contributed by atoms with Gasteiger partial charge in [-0.05, 0) is 19.1 Å². The first-order valence-corrected chi connectivity index (χ1v) is 6.21. The first-order chi connectivity index (χ1) is 8.15. The van der Waals surface area contributed by atoms with Crippen LogP contribution in [-0.2, 0) is 4.74 Å². The largest absolute Gasteiger partial charge is 0.383 e. The summed E-state index contributed by atoms with van der Waals surface area (Å²) in [6.45, 7) is 4.38. The number of methoxy groups -OCH3 is 1. The third kappa shape index (κ3) is 5.09. The van der Waals surface area contributed by atoms with Crippen LogP contribution in [0.2, 0.25) is 10.0 Å². The minimum absolute atomic E-state index is 0.675. The zero-order valence-electron chi connectivity index (χ0n) is 10.1. The molecule has 0 amide bonds. The molecule has 0 fully saturated rings. The molecule has 0 aliphatic carbocycles. The lowest BCUT2D eigenvalue weighted by molar-refractivity contribution is 0.200. The van der Waals surface area contributed by atoms with E-state index >= 15 is 0 Å². The summed E-state index contributed by atoms with van der Waals surface area (Å²) in [5.41, 5.74) is 2.05. The van der Waals surface area contributed by atoms with Gasteiger partial charge in [0.2, 0.25) is 0 Å². The molecule has 0 aromatic heterocycles. The van der Waals surface area contributed by atoms with Gasteiger partial charge in [0, 0.05) is 35.8 Å². The van der Waals surface area contributed by atoms with Crippen molar-refractivity contribution in [3.05, 3.63) is 39.4 Å². The van der Waals surface area contributed by atoms with Gasteiger partial charge in [0.25, 0.3) is 0 Å². The van der Waals surface area contributed by atoms with Gasteiger partial charge in [-0.2, -0.15) is 0 Å². The predicted octanol–water partition coefficient (Wildman–Crippen LogP) is 3.63. The smallest absolute Gasteiger partial charge is 0.0587 e. The second-order valence-corrected chi connectivity index (χ2v) is 4.61. The summed E-state index contributed by atoms with van der Waals surface area (Å²) in [5, 5.41) is 4.62. The molecule has 0 unspecified atom stereocenters. The Morgan fingerprint density at radius 1 is 1.35 bits per heavy atom. The third-order valence-corrected chi connectivity index (χ3v) is 2.94. The first kappa shape index (κ1) is 14.5. The molecule has 1 aromatic carbocycles. The number of halogens is 2. The Kier molecular flexibility index (Phi) is 6.60. The Balaban J connectivity index is 2.61. The fraction of sp³-hybridized carbons (Fsp3) is 0.385. The van der Waals surface area contributed by atoms with Gasteiger partial charge >= 0.3 is 0 Å². The highest BCUT2D eigenvalue weighted by atomic mass is 35.5. The van der Waals surface area contributed by atoms with Crippen LogP contribution in [0.4, 0.5) is 0 Å². The average molecular weight is 274 g/mol. The monoisotopic (exact) mass is 273 g/mol. The molecule has 0 aliphatic rings. The molecule has 1 rings (SSSR count). The van der Waals surface area contributed by atoms with Crippen LogP contribution in [0.15, 0.2) is 23.8 Å². The van der Waals surface area contributed by atoms with Crippen molar-refractivity contribution in [3.63, 3.8) is 0 Å². The second kappa shape index (κ2) is 7.72. The molecule has 0 aliphatic heterocycles. The van der Waals surface area contributed by atoms with Gasteiger partial charge in [-0.1, -0.05) is 40.9 Å². The number of hydrogen-bond donors (Lipinski definition) is 1. The summed E-state index contributed by atoms with van der Waals surface area (Å²) in [6.07, 6.45) is 2.00. The van der Waals surface area contributed by atoms with Gasteiger partial charge in [-0.3, -0.25) is 0 Å². The van der Waals surface area contributed by atoms with Crippen LogP contribution in [0, 0.1) is 0 Å². The highest BCUT2D eigenvalue weighted by Crippen LogP contribution is 2.26. The molecule has 0 saturated heterocycles. The molecule has 0 heterocycles. The molecular formula is C13H17Cl2NO. The van der Waals surface area contributed by atoms with Crippen LogP contribution in [0.25, 0.3) is 6.08 Å². The minimum Gasteiger partial charge on any atom is -0.383 e. The van der Waals surface area contributed by atoms with Gasteiger partial charge in [-0.15, -0.1) is 0 Å². The van der Waals surface area contributed by atoms with Crippen molar-refractivity contribution in [3.8, 4) is 0 Å². The van der Waals surface area contributed by atoms with E-state index < -0.39 is 0 Å². The Labute approximate surface area is 113 Å². The molecule has 94 valence electrons. The van der Waals surface area contributed by atoms with Crippen molar-refractivity contribution in [2.24, 2.45) is 0 Å². The molecule has 1 aromatic rings. The quantitative estimate of drug-likeness (QED) is 0.800. The highest BCUT2D eigenvalue weighted by Gasteiger charge is 2.02. The molecule has 2 nitrogen and oxygen atoms in total. The number of hydrogen-bond acceptors (Lipinski definition) is 2. The molecule has 0 bridgehead atoms. The molecule has 4 heteroatoms. The van der Waals surface area contributed by atoms with Gasteiger partial charge < -0.3 is 10.1 Å². The summed E-state index contributed by atoms with van der Waals surface area (Å²) in [7, 11) is 1.69. The molecule has 0 atom stereocenters. The van der Waals surface area contributed by atoms with Crippen LogP contribution in [0.5, 0.6) is 0 Å². The molecule has 0 saturated carbocycles. The predicted molar refractivity (Wildman–Crippen MR) is 74.9 cm³/mol. The SMILES string of the molecule is COCCNCC(C)=Cc1c(Cl)cccc1Cl. The fourth-order valence-corrected chi connectivity index (χ4v) is 1.91. The third-order valence-electron chi connectivity index (χ3n) is 2.28. The van der Waals surface area contributed by atoms with E-state index in [2.05, 4.69) is 5.32 Å². The maximum absolute atomic E-state index is 6.09. The summed E-state index contributed by atoms with van der Waals surface area (Å²) < 4.78 is 4.96. The van der Waals surface area contributed by atoms with Gasteiger partial charge in [0.15, 0.2) is 0 Å². The topological polar surface area (TPSA) is 21.3 Å². The lowest BCUT2D eigenvalue weighted by Gasteiger charge is -2.06. The average Bonchev–Trinajstić information content (AvgIpc) is 2.30. The van der Waals surface area contributed by atoms with E-state index in [1.54, 1.807) is 7.11 Å². The van der Waals surface area contributed by atoms with Crippen molar-refractivity contribution >= 4 is 29.3 Å².